The van der Waals surface area contributed by atoms with Gasteiger partial charge in [0.15, 0.2) is 5.76 Å². The summed E-state index contributed by atoms with van der Waals surface area (Å²) in [7, 11) is 0. The van der Waals surface area contributed by atoms with Crippen molar-refractivity contribution in [2.45, 2.75) is 13.3 Å². The van der Waals surface area contributed by atoms with Crippen molar-refractivity contribution in [1.29, 1.82) is 0 Å². The molecule has 7 nitrogen and oxygen atoms in total. The highest BCUT2D eigenvalue weighted by Crippen LogP contribution is 2.24. The molecule has 0 radical (unpaired) electrons. The van der Waals surface area contributed by atoms with E-state index in [4.69, 9.17) is 14.4 Å². The Morgan fingerprint density at radius 3 is 2.55 bits per heavy atom. The van der Waals surface area contributed by atoms with E-state index in [1.165, 1.54) is 6.26 Å². The van der Waals surface area contributed by atoms with Crippen molar-refractivity contribution in [3.8, 4) is 11.3 Å². The SMILES string of the molecule is CCCNc1cc(-c2ccccc2)nc(N2CCN(C(=O)c3ccco3)CC2)n1. The van der Waals surface area contributed by atoms with Gasteiger partial charge in [-0.2, -0.15) is 4.98 Å². The van der Waals surface area contributed by atoms with Crippen molar-refractivity contribution in [3.05, 3.63) is 60.6 Å². The van der Waals surface area contributed by atoms with E-state index in [2.05, 4.69) is 29.3 Å². The van der Waals surface area contributed by atoms with E-state index in [0.717, 1.165) is 30.0 Å². The van der Waals surface area contributed by atoms with E-state index in [-0.39, 0.29) is 5.91 Å². The third kappa shape index (κ3) is 4.39. The third-order valence-corrected chi connectivity index (χ3v) is 4.92. The number of aromatic nitrogens is 2. The molecule has 0 atom stereocenters. The number of hydrogen-bond donors (Lipinski definition) is 1. The molecule has 1 fully saturated rings. The first-order valence-electron chi connectivity index (χ1n) is 10.0. The van der Waals surface area contributed by atoms with E-state index in [0.29, 0.717) is 37.9 Å². The van der Waals surface area contributed by atoms with Gasteiger partial charge in [0.2, 0.25) is 5.95 Å². The minimum atomic E-state index is -0.0705. The largest absolute Gasteiger partial charge is 0.459 e. The van der Waals surface area contributed by atoms with E-state index in [1.54, 1.807) is 12.1 Å². The summed E-state index contributed by atoms with van der Waals surface area (Å²) < 4.78 is 5.24. The molecule has 1 aliphatic rings. The van der Waals surface area contributed by atoms with Crippen LogP contribution in [0.4, 0.5) is 11.8 Å². The van der Waals surface area contributed by atoms with Crippen molar-refractivity contribution < 1.29 is 9.21 Å². The molecular weight excluding hydrogens is 366 g/mol. The van der Waals surface area contributed by atoms with Crippen molar-refractivity contribution in [3.63, 3.8) is 0 Å². The average Bonchev–Trinajstić information content (AvgIpc) is 3.33. The van der Waals surface area contributed by atoms with Crippen LogP contribution in [0.5, 0.6) is 0 Å². The maximum Gasteiger partial charge on any atom is 0.289 e. The molecule has 3 aromatic rings. The molecule has 0 unspecified atom stereocenters. The van der Waals surface area contributed by atoms with Crippen LogP contribution in [0, 0.1) is 0 Å². The lowest BCUT2D eigenvalue weighted by atomic mass is 10.1. The monoisotopic (exact) mass is 391 g/mol. The van der Waals surface area contributed by atoms with Crippen molar-refractivity contribution in [2.24, 2.45) is 0 Å². The molecule has 0 bridgehead atoms. The van der Waals surface area contributed by atoms with Gasteiger partial charge < -0.3 is 19.5 Å². The molecule has 2 aromatic heterocycles. The normalized spacial score (nSPS) is 14.1. The molecule has 3 heterocycles. The fraction of sp³-hybridized carbons (Fsp3) is 0.318. The molecular formula is C22H25N5O2. The van der Waals surface area contributed by atoms with Gasteiger partial charge in [0.05, 0.1) is 12.0 Å². The van der Waals surface area contributed by atoms with Crippen LogP contribution >= 0.6 is 0 Å². The Morgan fingerprint density at radius 1 is 1.07 bits per heavy atom. The highest BCUT2D eigenvalue weighted by atomic mass is 16.3. The number of hydrogen-bond acceptors (Lipinski definition) is 6. The summed E-state index contributed by atoms with van der Waals surface area (Å²) in [6, 6.07) is 15.5. The quantitative estimate of drug-likeness (QED) is 0.693. The number of benzene rings is 1. The van der Waals surface area contributed by atoms with Gasteiger partial charge in [-0.05, 0) is 18.6 Å². The molecule has 0 spiro atoms. The Balaban J connectivity index is 1.52. The highest BCUT2D eigenvalue weighted by molar-refractivity contribution is 5.91. The van der Waals surface area contributed by atoms with Gasteiger partial charge in [-0.25, -0.2) is 4.98 Å². The lowest BCUT2D eigenvalue weighted by molar-refractivity contribution is 0.0714. The number of nitrogens with one attached hydrogen (secondary N) is 1. The fourth-order valence-corrected chi connectivity index (χ4v) is 3.34. The minimum absolute atomic E-state index is 0.0705. The summed E-state index contributed by atoms with van der Waals surface area (Å²) in [4.78, 5) is 26.0. The van der Waals surface area contributed by atoms with Crippen LogP contribution in [0.25, 0.3) is 11.3 Å². The second-order valence-electron chi connectivity index (χ2n) is 6.99. The maximum atomic E-state index is 12.5. The number of nitrogens with zero attached hydrogens (tertiary/aromatic N) is 4. The molecule has 7 heteroatoms. The minimum Gasteiger partial charge on any atom is -0.459 e. The van der Waals surface area contributed by atoms with Crippen LogP contribution in [0.3, 0.4) is 0 Å². The van der Waals surface area contributed by atoms with Crippen LogP contribution in [-0.2, 0) is 0 Å². The Labute approximate surface area is 170 Å². The second-order valence-corrected chi connectivity index (χ2v) is 6.99. The zero-order valence-electron chi connectivity index (χ0n) is 16.5. The van der Waals surface area contributed by atoms with E-state index in [1.807, 2.05) is 29.2 Å². The van der Waals surface area contributed by atoms with Crippen LogP contribution in [0.1, 0.15) is 23.9 Å². The van der Waals surface area contributed by atoms with Crippen molar-refractivity contribution in [2.75, 3.05) is 42.9 Å². The summed E-state index contributed by atoms with van der Waals surface area (Å²) >= 11 is 0. The van der Waals surface area contributed by atoms with Crippen LogP contribution in [0.2, 0.25) is 0 Å². The molecule has 1 N–H and O–H groups in total. The number of furan rings is 1. The highest BCUT2D eigenvalue weighted by Gasteiger charge is 2.25. The van der Waals surface area contributed by atoms with Crippen LogP contribution < -0.4 is 10.2 Å². The second kappa shape index (κ2) is 8.77. The molecule has 0 aliphatic carbocycles. The lowest BCUT2D eigenvalue weighted by Crippen LogP contribution is -2.49. The Kier molecular flexibility index (Phi) is 5.74. The predicted molar refractivity (Wildman–Crippen MR) is 113 cm³/mol. The summed E-state index contributed by atoms with van der Waals surface area (Å²) in [5.74, 6) is 1.82. The summed E-state index contributed by atoms with van der Waals surface area (Å²) in [5, 5.41) is 3.37. The number of rotatable bonds is 6. The fourth-order valence-electron chi connectivity index (χ4n) is 3.34. The van der Waals surface area contributed by atoms with Crippen LogP contribution in [0.15, 0.2) is 59.2 Å². The molecule has 1 aromatic carbocycles. The third-order valence-electron chi connectivity index (χ3n) is 4.92. The van der Waals surface area contributed by atoms with Gasteiger partial charge in [-0.3, -0.25) is 4.79 Å². The van der Waals surface area contributed by atoms with Gasteiger partial charge in [0, 0.05) is 44.4 Å². The van der Waals surface area contributed by atoms with E-state index >= 15 is 0 Å². The first-order chi connectivity index (χ1) is 14.2. The van der Waals surface area contributed by atoms with E-state index in [9.17, 15) is 4.79 Å². The standard InChI is InChI=1S/C22H25N5O2/c1-2-10-23-20-16-18(17-7-4-3-5-8-17)24-22(25-20)27-13-11-26(12-14-27)21(28)19-9-6-15-29-19/h3-9,15-16H,2,10-14H2,1H3,(H,23,24,25). The molecule has 29 heavy (non-hydrogen) atoms. The van der Waals surface area contributed by atoms with Crippen molar-refractivity contribution >= 4 is 17.7 Å². The summed E-state index contributed by atoms with van der Waals surface area (Å²) in [6.45, 7) is 5.56. The lowest BCUT2D eigenvalue weighted by Gasteiger charge is -2.34. The molecule has 0 saturated carbocycles. The molecule has 4 rings (SSSR count). The summed E-state index contributed by atoms with van der Waals surface area (Å²) in [6.07, 6.45) is 2.55. The topological polar surface area (TPSA) is 74.5 Å². The smallest absolute Gasteiger partial charge is 0.289 e. The number of carbonyl (C=O) groups excluding carboxylic acids is 1. The number of amides is 1. The van der Waals surface area contributed by atoms with Gasteiger partial charge in [0.1, 0.15) is 5.82 Å². The number of anilines is 2. The molecule has 150 valence electrons. The first-order valence-corrected chi connectivity index (χ1v) is 10.0. The Bertz CT molecular complexity index is 935. The average molecular weight is 391 g/mol. The van der Waals surface area contributed by atoms with Crippen LogP contribution in [-0.4, -0.2) is 53.5 Å². The number of piperazine rings is 1. The predicted octanol–water partition coefficient (Wildman–Crippen LogP) is 3.52. The maximum absolute atomic E-state index is 12.5. The number of carbonyl (C=O) groups is 1. The van der Waals surface area contributed by atoms with Gasteiger partial charge in [-0.1, -0.05) is 37.3 Å². The molecule has 1 amide bonds. The zero-order chi connectivity index (χ0) is 20.1. The molecule has 1 saturated heterocycles. The Hall–Kier alpha value is -3.35. The Morgan fingerprint density at radius 2 is 1.86 bits per heavy atom. The zero-order valence-corrected chi connectivity index (χ0v) is 16.5. The van der Waals surface area contributed by atoms with Gasteiger partial charge >= 0.3 is 0 Å². The first kappa shape index (κ1) is 19.0. The summed E-state index contributed by atoms with van der Waals surface area (Å²) in [5.41, 5.74) is 1.95. The van der Waals surface area contributed by atoms with Gasteiger partial charge in [0.25, 0.3) is 5.91 Å². The van der Waals surface area contributed by atoms with E-state index < -0.39 is 0 Å². The molecule has 1 aliphatic heterocycles. The van der Waals surface area contributed by atoms with Crippen molar-refractivity contribution in [1.82, 2.24) is 14.9 Å². The van der Waals surface area contributed by atoms with Gasteiger partial charge in [-0.15, -0.1) is 0 Å².